The molecule has 18 heavy (non-hydrogen) atoms. The number of benzene rings is 1. The van der Waals surface area contributed by atoms with Crippen molar-refractivity contribution in [3.8, 4) is 0 Å². The van der Waals surface area contributed by atoms with Crippen molar-refractivity contribution in [2.45, 2.75) is 12.5 Å². The van der Waals surface area contributed by atoms with E-state index in [4.69, 9.17) is 5.73 Å². The molecule has 0 aliphatic carbocycles. The lowest BCUT2D eigenvalue weighted by Gasteiger charge is -2.11. The first-order chi connectivity index (χ1) is 8.15. The Morgan fingerprint density at radius 3 is 2.50 bits per heavy atom. The van der Waals surface area contributed by atoms with E-state index in [0.29, 0.717) is 0 Å². The number of halogens is 1. The molecule has 0 spiro atoms. The van der Waals surface area contributed by atoms with Crippen molar-refractivity contribution in [3.05, 3.63) is 35.9 Å². The zero-order valence-corrected chi connectivity index (χ0v) is 10.9. The molecule has 0 aliphatic heterocycles. The van der Waals surface area contributed by atoms with Crippen molar-refractivity contribution in [2.75, 3.05) is 13.7 Å². The quantitative estimate of drug-likeness (QED) is 0.777. The zero-order chi connectivity index (χ0) is 12.7. The Kier molecular flexibility index (Phi) is 7.74. The summed E-state index contributed by atoms with van der Waals surface area (Å²) in [5.74, 6) is -0.668. The number of carbonyl (C=O) groups excluding carboxylic acids is 2. The van der Waals surface area contributed by atoms with E-state index in [2.05, 4.69) is 10.1 Å². The Labute approximate surface area is 112 Å². The Hall–Kier alpha value is -1.59. The lowest BCUT2D eigenvalue weighted by molar-refractivity contribution is -0.140. The van der Waals surface area contributed by atoms with Crippen LogP contribution in [-0.4, -0.2) is 25.5 Å². The van der Waals surface area contributed by atoms with Crippen LogP contribution in [0.2, 0.25) is 0 Å². The predicted molar refractivity (Wildman–Crippen MR) is 70.3 cm³/mol. The summed E-state index contributed by atoms with van der Waals surface area (Å²) in [7, 11) is 1.31. The van der Waals surface area contributed by atoms with Gasteiger partial charge in [0.25, 0.3) is 0 Å². The number of esters is 1. The molecule has 1 unspecified atom stereocenters. The van der Waals surface area contributed by atoms with Gasteiger partial charge in [0.05, 0.1) is 13.5 Å². The molecule has 0 heterocycles. The molecule has 0 aliphatic rings. The van der Waals surface area contributed by atoms with Gasteiger partial charge >= 0.3 is 5.97 Å². The van der Waals surface area contributed by atoms with Gasteiger partial charge in [-0.3, -0.25) is 9.59 Å². The van der Waals surface area contributed by atoms with E-state index < -0.39 is 6.04 Å². The topological polar surface area (TPSA) is 81.4 Å². The molecule has 3 N–H and O–H groups in total. The predicted octanol–water partition coefficient (Wildman–Crippen LogP) is 0.788. The molecule has 0 saturated heterocycles. The van der Waals surface area contributed by atoms with Crippen molar-refractivity contribution < 1.29 is 14.3 Å². The van der Waals surface area contributed by atoms with E-state index in [9.17, 15) is 9.59 Å². The summed E-state index contributed by atoms with van der Waals surface area (Å²) in [4.78, 5) is 22.5. The van der Waals surface area contributed by atoms with E-state index in [-0.39, 0.29) is 37.2 Å². The average Bonchev–Trinajstić information content (AvgIpc) is 2.38. The number of ether oxygens (including phenoxy) is 1. The molecule has 1 aromatic carbocycles. The van der Waals surface area contributed by atoms with Gasteiger partial charge in [-0.05, 0) is 5.56 Å². The van der Waals surface area contributed by atoms with Crippen LogP contribution in [0.5, 0.6) is 0 Å². The van der Waals surface area contributed by atoms with Crippen LogP contribution >= 0.6 is 12.4 Å². The fraction of sp³-hybridized carbons (Fsp3) is 0.333. The molecule has 0 bridgehead atoms. The second-order valence-corrected chi connectivity index (χ2v) is 3.51. The normalized spacial score (nSPS) is 11.0. The molecule has 6 heteroatoms. The van der Waals surface area contributed by atoms with Gasteiger partial charge in [0, 0.05) is 6.54 Å². The van der Waals surface area contributed by atoms with E-state index >= 15 is 0 Å². The molecule has 0 saturated carbocycles. The Balaban J connectivity index is 0.00000289. The summed E-state index contributed by atoms with van der Waals surface area (Å²) in [6, 6.07) is 8.34. The van der Waals surface area contributed by atoms with Crippen molar-refractivity contribution >= 4 is 24.3 Å². The minimum absolute atomic E-state index is 0. The van der Waals surface area contributed by atoms with Crippen LogP contribution in [0.15, 0.2) is 30.3 Å². The maximum atomic E-state index is 11.6. The lowest BCUT2D eigenvalue weighted by atomic mass is 10.1. The van der Waals surface area contributed by atoms with Gasteiger partial charge in [-0.15, -0.1) is 12.4 Å². The largest absolute Gasteiger partial charge is 0.469 e. The number of nitrogens with one attached hydrogen (secondary N) is 1. The first-order valence-corrected chi connectivity index (χ1v) is 5.30. The lowest BCUT2D eigenvalue weighted by Crippen LogP contribution is -2.35. The van der Waals surface area contributed by atoms with E-state index in [1.807, 2.05) is 18.2 Å². The van der Waals surface area contributed by atoms with Gasteiger partial charge < -0.3 is 15.8 Å². The molecule has 100 valence electrons. The number of methoxy groups -OCH3 is 1. The molecule has 1 atom stereocenters. The standard InChI is InChI=1S/C12H16N2O3.ClH/c1-17-10(15)7-8-14-12(16)11(13)9-5-3-2-4-6-9;/h2-6,11H,7-8,13H2,1H3,(H,14,16);1H. The highest BCUT2D eigenvalue weighted by atomic mass is 35.5. The third kappa shape index (κ3) is 5.16. The summed E-state index contributed by atoms with van der Waals surface area (Å²) >= 11 is 0. The molecule has 0 fully saturated rings. The van der Waals surface area contributed by atoms with Crippen LogP contribution in [0.1, 0.15) is 18.0 Å². The molecule has 1 amide bonds. The van der Waals surface area contributed by atoms with Crippen LogP contribution in [-0.2, 0) is 14.3 Å². The second-order valence-electron chi connectivity index (χ2n) is 3.51. The van der Waals surface area contributed by atoms with Gasteiger partial charge in [-0.2, -0.15) is 0 Å². The van der Waals surface area contributed by atoms with Gasteiger partial charge in [0.15, 0.2) is 0 Å². The van der Waals surface area contributed by atoms with Crippen molar-refractivity contribution in [2.24, 2.45) is 5.73 Å². The average molecular weight is 273 g/mol. The third-order valence-electron chi connectivity index (χ3n) is 2.30. The molecule has 0 radical (unpaired) electrons. The minimum Gasteiger partial charge on any atom is -0.469 e. The fourth-order valence-electron chi connectivity index (χ4n) is 1.31. The minimum atomic E-state index is -0.714. The van der Waals surface area contributed by atoms with Gasteiger partial charge in [0.1, 0.15) is 6.04 Å². The summed E-state index contributed by atoms with van der Waals surface area (Å²) in [5.41, 5.74) is 6.50. The summed E-state index contributed by atoms with van der Waals surface area (Å²) in [6.45, 7) is 0.228. The zero-order valence-electron chi connectivity index (χ0n) is 10.1. The molecule has 5 nitrogen and oxygen atoms in total. The highest BCUT2D eigenvalue weighted by Crippen LogP contribution is 2.08. The van der Waals surface area contributed by atoms with Crippen molar-refractivity contribution in [3.63, 3.8) is 0 Å². The maximum absolute atomic E-state index is 11.6. The van der Waals surface area contributed by atoms with Crippen LogP contribution in [0.25, 0.3) is 0 Å². The smallest absolute Gasteiger partial charge is 0.307 e. The third-order valence-corrected chi connectivity index (χ3v) is 2.30. The molecular weight excluding hydrogens is 256 g/mol. The number of carbonyl (C=O) groups is 2. The van der Waals surface area contributed by atoms with Gasteiger partial charge in [0.2, 0.25) is 5.91 Å². The highest BCUT2D eigenvalue weighted by molar-refractivity contribution is 5.85. The number of nitrogens with two attached hydrogens (primary N) is 1. The number of amides is 1. The highest BCUT2D eigenvalue weighted by Gasteiger charge is 2.14. The molecule has 0 aromatic heterocycles. The first kappa shape index (κ1) is 16.4. The number of rotatable bonds is 5. The SMILES string of the molecule is COC(=O)CCNC(=O)C(N)c1ccccc1.Cl. The van der Waals surface area contributed by atoms with Crippen LogP contribution < -0.4 is 11.1 Å². The molecule has 1 rings (SSSR count). The Morgan fingerprint density at radius 1 is 1.33 bits per heavy atom. The van der Waals surface area contributed by atoms with Gasteiger partial charge in [-0.25, -0.2) is 0 Å². The van der Waals surface area contributed by atoms with Crippen LogP contribution in [0, 0.1) is 0 Å². The van der Waals surface area contributed by atoms with Crippen molar-refractivity contribution in [1.82, 2.24) is 5.32 Å². The second kappa shape index (κ2) is 8.49. The summed E-state index contributed by atoms with van der Waals surface area (Å²) in [5, 5.41) is 2.58. The maximum Gasteiger partial charge on any atom is 0.307 e. The monoisotopic (exact) mass is 272 g/mol. The van der Waals surface area contributed by atoms with E-state index in [1.54, 1.807) is 12.1 Å². The number of hydrogen-bond donors (Lipinski definition) is 2. The molecular formula is C12H17ClN2O3. The Bertz CT molecular complexity index is 384. The first-order valence-electron chi connectivity index (χ1n) is 5.30. The fourth-order valence-corrected chi connectivity index (χ4v) is 1.31. The number of hydrogen-bond acceptors (Lipinski definition) is 4. The summed E-state index contributed by atoms with van der Waals surface area (Å²) < 4.78 is 4.46. The van der Waals surface area contributed by atoms with Gasteiger partial charge in [-0.1, -0.05) is 30.3 Å². The van der Waals surface area contributed by atoms with Crippen LogP contribution in [0.4, 0.5) is 0 Å². The van der Waals surface area contributed by atoms with E-state index in [0.717, 1.165) is 5.56 Å². The van der Waals surface area contributed by atoms with E-state index in [1.165, 1.54) is 7.11 Å². The molecule has 1 aromatic rings. The van der Waals surface area contributed by atoms with Crippen LogP contribution in [0.3, 0.4) is 0 Å². The Morgan fingerprint density at radius 2 is 1.94 bits per heavy atom. The van der Waals surface area contributed by atoms with Crippen molar-refractivity contribution in [1.29, 1.82) is 0 Å². The summed E-state index contributed by atoms with van der Waals surface area (Å²) in [6.07, 6.45) is 0.143.